The van der Waals surface area contributed by atoms with Crippen molar-refractivity contribution in [2.24, 2.45) is 12.1 Å². The van der Waals surface area contributed by atoms with Crippen LogP contribution in [0.2, 0.25) is 0 Å². The van der Waals surface area contributed by atoms with Gasteiger partial charge >= 0.3 is 5.97 Å². The van der Waals surface area contributed by atoms with Gasteiger partial charge < -0.3 is 13.9 Å². The minimum Gasteiger partial charge on any atom is -0.465 e. The summed E-state index contributed by atoms with van der Waals surface area (Å²) in [6, 6.07) is 15.8. The van der Waals surface area contributed by atoms with E-state index in [2.05, 4.69) is 15.5 Å². The molecule has 2 aromatic carbocycles. The lowest BCUT2D eigenvalue weighted by Gasteiger charge is -2.04. The van der Waals surface area contributed by atoms with Crippen LogP contribution < -0.4 is 5.43 Å². The van der Waals surface area contributed by atoms with Crippen LogP contribution in [0.3, 0.4) is 0 Å². The summed E-state index contributed by atoms with van der Waals surface area (Å²) < 4.78 is 8.90. The van der Waals surface area contributed by atoms with Crippen molar-refractivity contribution in [2.45, 2.75) is 13.5 Å². The fourth-order valence-electron chi connectivity index (χ4n) is 3.26. The zero-order chi connectivity index (χ0) is 19.5. The Bertz CT molecular complexity index is 1170. The van der Waals surface area contributed by atoms with Crippen molar-refractivity contribution < 1.29 is 9.53 Å². The Morgan fingerprint density at radius 1 is 1.18 bits per heavy atom. The van der Waals surface area contributed by atoms with Crippen molar-refractivity contribution in [3.63, 3.8) is 0 Å². The van der Waals surface area contributed by atoms with Gasteiger partial charge in [0, 0.05) is 29.7 Å². The van der Waals surface area contributed by atoms with Crippen LogP contribution >= 0.6 is 0 Å². The van der Waals surface area contributed by atoms with E-state index < -0.39 is 0 Å². The first-order chi connectivity index (χ1) is 13.7. The lowest BCUT2D eigenvalue weighted by molar-refractivity contribution is -0.143. The van der Waals surface area contributed by atoms with Crippen molar-refractivity contribution in [3.8, 4) is 0 Å². The molecule has 1 N–H and O–H groups in total. The van der Waals surface area contributed by atoms with Crippen LogP contribution in [0.5, 0.6) is 0 Å². The number of nitrogens with one attached hydrogen (secondary N) is 1. The lowest BCUT2D eigenvalue weighted by atomic mass is 10.2. The summed E-state index contributed by atoms with van der Waals surface area (Å²) in [6.07, 6.45) is 3.64. The van der Waals surface area contributed by atoms with E-state index in [1.165, 1.54) is 0 Å². The Labute approximate surface area is 162 Å². The molecular formula is C21H21N5O2. The molecule has 0 saturated carbocycles. The van der Waals surface area contributed by atoms with E-state index in [1.807, 2.05) is 70.9 Å². The minimum atomic E-state index is -0.260. The van der Waals surface area contributed by atoms with Crippen molar-refractivity contribution in [1.29, 1.82) is 0 Å². The van der Waals surface area contributed by atoms with Crippen molar-refractivity contribution in [3.05, 3.63) is 60.3 Å². The highest BCUT2D eigenvalue weighted by Crippen LogP contribution is 2.21. The number of hydrazone groups is 1. The van der Waals surface area contributed by atoms with Gasteiger partial charge in [-0.1, -0.05) is 30.3 Å². The fourth-order valence-corrected chi connectivity index (χ4v) is 3.26. The van der Waals surface area contributed by atoms with Crippen LogP contribution in [-0.4, -0.2) is 32.9 Å². The van der Waals surface area contributed by atoms with Gasteiger partial charge in [-0.3, -0.25) is 4.79 Å². The molecule has 4 rings (SSSR count). The number of anilines is 1. The molecule has 142 valence electrons. The summed E-state index contributed by atoms with van der Waals surface area (Å²) in [5, 5.41) is 5.38. The van der Waals surface area contributed by atoms with Crippen molar-refractivity contribution in [2.75, 3.05) is 12.0 Å². The van der Waals surface area contributed by atoms with E-state index in [-0.39, 0.29) is 12.5 Å². The molecule has 7 nitrogen and oxygen atoms in total. The minimum absolute atomic E-state index is 0.167. The largest absolute Gasteiger partial charge is 0.465 e. The first-order valence-electron chi connectivity index (χ1n) is 9.11. The third-order valence-corrected chi connectivity index (χ3v) is 4.58. The van der Waals surface area contributed by atoms with Gasteiger partial charge in [-0.25, -0.2) is 10.4 Å². The predicted molar refractivity (Wildman–Crippen MR) is 111 cm³/mol. The van der Waals surface area contributed by atoms with Gasteiger partial charge in [0.2, 0.25) is 5.95 Å². The molecule has 2 aromatic heterocycles. The number of esters is 1. The quantitative estimate of drug-likeness (QED) is 0.318. The Balaban J connectivity index is 1.60. The van der Waals surface area contributed by atoms with Crippen LogP contribution in [0.4, 0.5) is 5.95 Å². The van der Waals surface area contributed by atoms with Gasteiger partial charge in [0.05, 0.1) is 23.9 Å². The number of ether oxygens (including phenoxy) is 1. The average Bonchev–Trinajstić information content (AvgIpc) is 3.21. The molecule has 0 radical (unpaired) electrons. The monoisotopic (exact) mass is 375 g/mol. The van der Waals surface area contributed by atoms with Gasteiger partial charge in [-0.05, 0) is 25.1 Å². The summed E-state index contributed by atoms with van der Waals surface area (Å²) in [7, 11) is 1.94. The molecule has 7 heteroatoms. The Kier molecular flexibility index (Phi) is 4.80. The van der Waals surface area contributed by atoms with E-state index in [1.54, 1.807) is 13.1 Å². The molecule has 0 aliphatic heterocycles. The summed E-state index contributed by atoms with van der Waals surface area (Å²) in [5.41, 5.74) is 6.82. The number of aromatic nitrogens is 3. The smallest absolute Gasteiger partial charge is 0.325 e. The Morgan fingerprint density at radius 3 is 2.71 bits per heavy atom. The molecule has 0 aliphatic rings. The highest BCUT2D eigenvalue weighted by molar-refractivity contribution is 6.00. The van der Waals surface area contributed by atoms with E-state index in [0.29, 0.717) is 12.6 Å². The number of hydrogen-bond acceptors (Lipinski definition) is 5. The van der Waals surface area contributed by atoms with E-state index >= 15 is 0 Å². The molecule has 0 spiro atoms. The molecule has 4 aromatic rings. The van der Waals surface area contributed by atoms with Crippen molar-refractivity contribution >= 4 is 40.1 Å². The highest BCUT2D eigenvalue weighted by Gasteiger charge is 2.11. The second-order valence-electron chi connectivity index (χ2n) is 6.39. The Hall–Kier alpha value is -3.61. The third kappa shape index (κ3) is 3.34. The van der Waals surface area contributed by atoms with Gasteiger partial charge in [0.15, 0.2) is 0 Å². The summed E-state index contributed by atoms with van der Waals surface area (Å²) in [6.45, 7) is 2.34. The van der Waals surface area contributed by atoms with Crippen LogP contribution in [0.25, 0.3) is 21.9 Å². The molecule has 28 heavy (non-hydrogen) atoms. The number of nitrogens with zero attached hydrogens (tertiary/aromatic N) is 4. The lowest BCUT2D eigenvalue weighted by Crippen LogP contribution is -2.12. The third-order valence-electron chi connectivity index (χ3n) is 4.58. The average molecular weight is 375 g/mol. The number of imidazole rings is 1. The molecular weight excluding hydrogens is 354 g/mol. The number of carbonyl (C=O) groups is 1. The number of fused-ring (bicyclic) bond motifs is 2. The van der Waals surface area contributed by atoms with E-state index in [9.17, 15) is 4.79 Å². The van der Waals surface area contributed by atoms with Crippen LogP contribution in [0, 0.1) is 0 Å². The summed E-state index contributed by atoms with van der Waals surface area (Å²) in [5.74, 6) is 0.400. The standard InChI is InChI=1S/C21H21N5O2/c1-3-28-20(27)14-26-13-15(16-8-4-6-10-18(16)26)12-22-24-21-23-17-9-5-7-11-19(17)25(21)2/h4-13H,3,14H2,1-2H3,(H,23,24)/b22-12-. The molecule has 0 saturated heterocycles. The summed E-state index contributed by atoms with van der Waals surface area (Å²) >= 11 is 0. The molecule has 0 aliphatic carbocycles. The fraction of sp³-hybridized carbons (Fsp3) is 0.190. The SMILES string of the molecule is CCOC(=O)Cn1cc(/C=N\Nc2nc3ccccc3n2C)c2ccccc21. The topological polar surface area (TPSA) is 73.4 Å². The number of hydrogen-bond donors (Lipinski definition) is 1. The number of benzene rings is 2. The predicted octanol–water partition coefficient (Wildman–Crippen LogP) is 3.54. The van der Waals surface area contributed by atoms with E-state index in [4.69, 9.17) is 4.74 Å². The van der Waals surface area contributed by atoms with Gasteiger partial charge in [-0.15, -0.1) is 0 Å². The molecule has 0 amide bonds. The molecule has 0 fully saturated rings. The van der Waals surface area contributed by atoms with Crippen molar-refractivity contribution in [1.82, 2.24) is 14.1 Å². The van der Waals surface area contributed by atoms with Crippen LogP contribution in [-0.2, 0) is 23.1 Å². The van der Waals surface area contributed by atoms with Crippen LogP contribution in [0.1, 0.15) is 12.5 Å². The van der Waals surface area contributed by atoms with E-state index in [0.717, 1.165) is 27.5 Å². The molecule has 0 unspecified atom stereocenters. The summed E-state index contributed by atoms with van der Waals surface area (Å²) in [4.78, 5) is 16.4. The second kappa shape index (κ2) is 7.56. The van der Waals surface area contributed by atoms with Gasteiger partial charge in [0.1, 0.15) is 6.54 Å². The maximum absolute atomic E-state index is 11.9. The number of para-hydroxylation sites is 3. The Morgan fingerprint density at radius 2 is 1.93 bits per heavy atom. The first-order valence-corrected chi connectivity index (χ1v) is 9.11. The highest BCUT2D eigenvalue weighted by atomic mass is 16.5. The molecule has 0 atom stereocenters. The van der Waals surface area contributed by atoms with Gasteiger partial charge in [0.25, 0.3) is 0 Å². The first kappa shape index (κ1) is 17.8. The maximum atomic E-state index is 11.9. The zero-order valence-electron chi connectivity index (χ0n) is 15.8. The number of rotatable bonds is 6. The second-order valence-corrected chi connectivity index (χ2v) is 6.39. The normalized spacial score (nSPS) is 11.5. The maximum Gasteiger partial charge on any atom is 0.325 e. The number of carbonyl (C=O) groups excluding carboxylic acids is 1. The molecule has 2 heterocycles. The zero-order valence-corrected chi connectivity index (χ0v) is 15.8. The van der Waals surface area contributed by atoms with Crippen LogP contribution in [0.15, 0.2) is 59.8 Å². The van der Waals surface area contributed by atoms with Gasteiger partial charge in [-0.2, -0.15) is 5.10 Å². The number of aryl methyl sites for hydroxylation is 1. The molecule has 0 bridgehead atoms.